The van der Waals surface area contributed by atoms with E-state index in [0.29, 0.717) is 10.6 Å². The number of hydrogen-bond donors (Lipinski definition) is 0. The number of Topliss-reactive ketones (excluding diaryl/α,β-unsaturated/α-hetero) is 1. The van der Waals surface area contributed by atoms with Crippen molar-refractivity contribution < 1.29 is 23.9 Å². The quantitative estimate of drug-likeness (QED) is 0.447. The monoisotopic (exact) mass is 375 g/mol. The average Bonchev–Trinajstić information content (AvgIpc) is 3.30. The van der Waals surface area contributed by atoms with Crippen LogP contribution < -0.4 is 0 Å². The van der Waals surface area contributed by atoms with Gasteiger partial charge >= 0.3 is 5.97 Å². The smallest absolute Gasteiger partial charge is 0.326 e. The van der Waals surface area contributed by atoms with Crippen LogP contribution in [0.5, 0.6) is 0 Å². The Morgan fingerprint density at radius 2 is 1.62 bits per heavy atom. The van der Waals surface area contributed by atoms with E-state index in [2.05, 4.69) is 0 Å². The number of amides is 2. The van der Waals surface area contributed by atoms with E-state index in [0.717, 1.165) is 24.2 Å². The lowest BCUT2D eigenvalue weighted by Gasteiger charge is -2.19. The van der Waals surface area contributed by atoms with Crippen LogP contribution in [-0.2, 0) is 19.1 Å². The van der Waals surface area contributed by atoms with E-state index in [4.69, 9.17) is 16.3 Å². The lowest BCUT2D eigenvalue weighted by atomic mass is 9.81. The molecule has 1 saturated heterocycles. The van der Waals surface area contributed by atoms with E-state index in [9.17, 15) is 19.2 Å². The summed E-state index contributed by atoms with van der Waals surface area (Å²) < 4.78 is 4.97. The number of esters is 1. The second kappa shape index (κ2) is 6.50. The van der Waals surface area contributed by atoms with Gasteiger partial charge in [0.1, 0.15) is 6.54 Å². The Balaban J connectivity index is 1.34. The molecule has 0 N–H and O–H groups in total. The molecule has 136 valence electrons. The second-order valence-electron chi connectivity index (χ2n) is 7.24. The molecular formula is C19H18ClNO5. The van der Waals surface area contributed by atoms with Gasteiger partial charge in [-0.1, -0.05) is 11.6 Å². The van der Waals surface area contributed by atoms with E-state index in [1.165, 1.54) is 0 Å². The summed E-state index contributed by atoms with van der Waals surface area (Å²) >= 11 is 5.77. The van der Waals surface area contributed by atoms with Crippen LogP contribution in [0.1, 0.15) is 29.6 Å². The Kier molecular flexibility index (Phi) is 4.31. The highest BCUT2D eigenvalue weighted by Gasteiger charge is 2.61. The molecule has 1 heterocycles. The first-order valence-electron chi connectivity index (χ1n) is 8.75. The van der Waals surface area contributed by atoms with Gasteiger partial charge < -0.3 is 4.74 Å². The predicted octanol–water partition coefficient (Wildman–Crippen LogP) is 2.10. The number of benzene rings is 1. The summed E-state index contributed by atoms with van der Waals surface area (Å²) in [7, 11) is 0. The molecule has 2 amide bonds. The summed E-state index contributed by atoms with van der Waals surface area (Å²) in [4.78, 5) is 50.1. The van der Waals surface area contributed by atoms with Crippen molar-refractivity contribution in [2.75, 3.05) is 13.2 Å². The van der Waals surface area contributed by atoms with Crippen molar-refractivity contribution in [1.82, 2.24) is 4.90 Å². The Bertz CT molecular complexity index is 762. The number of ketones is 1. The second-order valence-corrected chi connectivity index (χ2v) is 7.67. The number of carbonyl (C=O) groups excluding carboxylic acids is 4. The van der Waals surface area contributed by atoms with Crippen LogP contribution in [-0.4, -0.2) is 41.6 Å². The lowest BCUT2D eigenvalue weighted by Crippen LogP contribution is -2.38. The summed E-state index contributed by atoms with van der Waals surface area (Å²) in [6, 6.07) is 6.24. The van der Waals surface area contributed by atoms with E-state index in [1.54, 1.807) is 24.3 Å². The zero-order valence-electron chi connectivity index (χ0n) is 14.0. The molecule has 0 aromatic heterocycles. The molecule has 1 aliphatic heterocycles. The fourth-order valence-electron chi connectivity index (χ4n) is 4.67. The van der Waals surface area contributed by atoms with Gasteiger partial charge in [-0.05, 0) is 55.4 Å². The van der Waals surface area contributed by atoms with Crippen LogP contribution in [0.15, 0.2) is 24.3 Å². The molecule has 0 spiro atoms. The van der Waals surface area contributed by atoms with Gasteiger partial charge in [-0.2, -0.15) is 0 Å². The topological polar surface area (TPSA) is 80.8 Å². The van der Waals surface area contributed by atoms with E-state index in [-0.39, 0.29) is 41.3 Å². The van der Waals surface area contributed by atoms with E-state index >= 15 is 0 Å². The Labute approximate surface area is 155 Å². The first-order valence-corrected chi connectivity index (χ1v) is 9.13. The lowest BCUT2D eigenvalue weighted by molar-refractivity contribution is -0.152. The van der Waals surface area contributed by atoms with E-state index < -0.39 is 19.1 Å². The molecule has 4 rings (SSSR count). The molecule has 1 aromatic rings. The third kappa shape index (κ3) is 2.82. The number of rotatable bonds is 5. The zero-order valence-corrected chi connectivity index (χ0v) is 14.8. The van der Waals surface area contributed by atoms with Crippen molar-refractivity contribution in [3.63, 3.8) is 0 Å². The molecule has 6 nitrogen and oxygen atoms in total. The van der Waals surface area contributed by atoms with Crippen molar-refractivity contribution in [1.29, 1.82) is 0 Å². The van der Waals surface area contributed by atoms with Gasteiger partial charge in [0.15, 0.2) is 12.4 Å². The summed E-state index contributed by atoms with van der Waals surface area (Å²) in [5, 5.41) is 0.504. The third-order valence-electron chi connectivity index (χ3n) is 5.84. The molecule has 7 heteroatoms. The summed E-state index contributed by atoms with van der Waals surface area (Å²) in [5.74, 6) is -1.61. The number of nitrogens with zero attached hydrogens (tertiary/aromatic N) is 1. The molecule has 0 radical (unpaired) electrons. The largest absolute Gasteiger partial charge is 0.456 e. The van der Waals surface area contributed by atoms with Crippen LogP contribution in [0.3, 0.4) is 0 Å². The van der Waals surface area contributed by atoms with Crippen LogP contribution >= 0.6 is 11.6 Å². The molecule has 0 unspecified atom stereocenters. The molecule has 3 fully saturated rings. The van der Waals surface area contributed by atoms with Crippen LogP contribution in [0, 0.1) is 23.7 Å². The highest BCUT2D eigenvalue weighted by molar-refractivity contribution is 6.30. The molecule has 26 heavy (non-hydrogen) atoms. The maximum absolute atomic E-state index is 12.5. The Morgan fingerprint density at radius 3 is 2.19 bits per heavy atom. The molecule has 2 aliphatic carbocycles. The number of fused-ring (bicyclic) bond motifs is 5. The van der Waals surface area contributed by atoms with Gasteiger partial charge in [-0.15, -0.1) is 0 Å². The summed E-state index contributed by atoms with van der Waals surface area (Å²) in [6.07, 6.45) is 2.91. The van der Waals surface area contributed by atoms with Gasteiger partial charge in [0.05, 0.1) is 11.8 Å². The fraction of sp³-hybridized carbons (Fsp3) is 0.474. The number of carbonyl (C=O) groups is 4. The Morgan fingerprint density at radius 1 is 1.04 bits per heavy atom. The van der Waals surface area contributed by atoms with Gasteiger partial charge in [0.2, 0.25) is 11.8 Å². The number of likely N-dealkylation sites (tertiary alicyclic amines) is 1. The summed E-state index contributed by atoms with van der Waals surface area (Å²) in [6.45, 7) is -0.854. The molecule has 4 atom stereocenters. The van der Waals surface area contributed by atoms with Crippen molar-refractivity contribution in [3.05, 3.63) is 34.9 Å². The summed E-state index contributed by atoms with van der Waals surface area (Å²) in [5.41, 5.74) is 0.377. The van der Waals surface area contributed by atoms with Crippen LogP contribution in [0.25, 0.3) is 0 Å². The highest BCUT2D eigenvalue weighted by atomic mass is 35.5. The standard InChI is InChI=1S/C19H18ClNO5/c20-13-5-3-10(4-6-13)14(22)9-26-15(23)8-21-18(24)16-11-1-2-12(7-11)17(16)19(21)25/h3-6,11-12,16-17H,1-2,7-9H2/t11-,12-,16-,17+/m0/s1. The molecule has 2 bridgehead atoms. The third-order valence-corrected chi connectivity index (χ3v) is 6.09. The number of hydrogen-bond acceptors (Lipinski definition) is 5. The molecule has 2 saturated carbocycles. The molecule has 3 aliphatic rings. The van der Waals surface area contributed by atoms with Crippen molar-refractivity contribution in [2.45, 2.75) is 19.3 Å². The minimum atomic E-state index is -0.749. The molecule has 1 aromatic carbocycles. The van der Waals surface area contributed by atoms with Gasteiger partial charge in [0.25, 0.3) is 0 Å². The Hall–Kier alpha value is -2.21. The van der Waals surface area contributed by atoms with Crippen LogP contribution in [0.2, 0.25) is 5.02 Å². The average molecular weight is 376 g/mol. The number of halogens is 1. The number of ether oxygens (including phenoxy) is 1. The minimum absolute atomic E-state index is 0.256. The van der Waals surface area contributed by atoms with Crippen molar-refractivity contribution >= 4 is 35.2 Å². The van der Waals surface area contributed by atoms with E-state index in [1.807, 2.05) is 0 Å². The fourth-order valence-corrected chi connectivity index (χ4v) is 4.79. The zero-order chi connectivity index (χ0) is 18.4. The predicted molar refractivity (Wildman–Crippen MR) is 91.3 cm³/mol. The SMILES string of the molecule is O=C(CN1C(=O)[C@@H]2[C@H]3CC[C@@H](C3)[C@@H]2C1=O)OCC(=O)c1ccc(Cl)cc1. The van der Waals surface area contributed by atoms with Crippen molar-refractivity contribution in [2.24, 2.45) is 23.7 Å². The van der Waals surface area contributed by atoms with Gasteiger partial charge in [-0.25, -0.2) is 0 Å². The highest BCUT2D eigenvalue weighted by Crippen LogP contribution is 2.56. The normalized spacial score (nSPS) is 29.2. The van der Waals surface area contributed by atoms with Crippen LogP contribution in [0.4, 0.5) is 0 Å². The molecular weight excluding hydrogens is 358 g/mol. The maximum Gasteiger partial charge on any atom is 0.326 e. The van der Waals surface area contributed by atoms with Gasteiger partial charge in [-0.3, -0.25) is 24.1 Å². The first-order chi connectivity index (χ1) is 12.5. The first kappa shape index (κ1) is 17.2. The van der Waals surface area contributed by atoms with Gasteiger partial charge in [0, 0.05) is 10.6 Å². The maximum atomic E-state index is 12.5. The van der Waals surface area contributed by atoms with Crippen molar-refractivity contribution in [3.8, 4) is 0 Å². The number of imide groups is 1. The minimum Gasteiger partial charge on any atom is -0.456 e.